The molecule has 0 radical (unpaired) electrons. The van der Waals surface area contributed by atoms with Crippen LogP contribution in [0.15, 0.2) is 35.5 Å². The molecule has 1 aliphatic carbocycles. The second-order valence-electron chi connectivity index (χ2n) is 6.03. The van der Waals surface area contributed by atoms with Crippen LogP contribution < -0.4 is 10.6 Å². The quantitative estimate of drug-likeness (QED) is 0.752. The van der Waals surface area contributed by atoms with E-state index in [0.717, 1.165) is 36.5 Å². The maximum atomic E-state index is 12.3. The third kappa shape index (κ3) is 4.29. The summed E-state index contributed by atoms with van der Waals surface area (Å²) in [5.41, 5.74) is 0.792. The minimum absolute atomic E-state index is 0.0862. The Bertz CT molecular complexity index is 681. The van der Waals surface area contributed by atoms with Gasteiger partial charge in [0.05, 0.1) is 6.04 Å². The van der Waals surface area contributed by atoms with E-state index in [1.807, 2.05) is 43.1 Å². The van der Waals surface area contributed by atoms with E-state index in [-0.39, 0.29) is 12.1 Å². The summed E-state index contributed by atoms with van der Waals surface area (Å²) < 4.78 is 1.73. The van der Waals surface area contributed by atoms with Crippen molar-refractivity contribution in [3.8, 4) is 0 Å². The van der Waals surface area contributed by atoms with Crippen molar-refractivity contribution in [3.05, 3.63) is 36.4 Å². The van der Waals surface area contributed by atoms with Gasteiger partial charge in [-0.3, -0.25) is 4.68 Å². The topological polar surface area (TPSA) is 71.8 Å². The molecule has 0 aliphatic heterocycles. The SMILES string of the molecule is CCCSc1ccc(NC(=O)NC(c2ncnn2C)C2CC2)cc1. The van der Waals surface area contributed by atoms with Crippen LogP contribution in [0, 0.1) is 5.92 Å². The van der Waals surface area contributed by atoms with E-state index in [9.17, 15) is 4.79 Å². The normalized spacial score (nSPS) is 15.1. The molecule has 6 nitrogen and oxygen atoms in total. The fourth-order valence-electron chi connectivity index (χ4n) is 2.57. The first-order valence-electron chi connectivity index (χ1n) is 8.31. The second kappa shape index (κ2) is 7.70. The van der Waals surface area contributed by atoms with Crippen LogP contribution in [-0.4, -0.2) is 26.5 Å². The molecule has 1 heterocycles. The van der Waals surface area contributed by atoms with Crippen molar-refractivity contribution >= 4 is 23.5 Å². The Morgan fingerprint density at radius 1 is 1.38 bits per heavy atom. The Balaban J connectivity index is 1.59. The number of anilines is 1. The molecule has 3 rings (SSSR count). The van der Waals surface area contributed by atoms with Crippen molar-refractivity contribution in [1.82, 2.24) is 20.1 Å². The second-order valence-corrected chi connectivity index (χ2v) is 7.20. The molecular formula is C17H23N5OS. The van der Waals surface area contributed by atoms with E-state index in [1.54, 1.807) is 4.68 Å². The van der Waals surface area contributed by atoms with E-state index < -0.39 is 0 Å². The lowest BCUT2D eigenvalue weighted by Crippen LogP contribution is -2.35. The fraction of sp³-hybridized carbons (Fsp3) is 0.471. The lowest BCUT2D eigenvalue weighted by Gasteiger charge is -2.18. The number of urea groups is 1. The maximum absolute atomic E-state index is 12.3. The van der Waals surface area contributed by atoms with Crippen LogP contribution in [0.3, 0.4) is 0 Å². The molecule has 0 saturated heterocycles. The number of hydrogen-bond acceptors (Lipinski definition) is 4. The molecule has 2 N–H and O–H groups in total. The first-order chi connectivity index (χ1) is 11.7. The molecule has 2 amide bonds. The Morgan fingerprint density at radius 2 is 2.12 bits per heavy atom. The van der Waals surface area contributed by atoms with Gasteiger partial charge in [-0.2, -0.15) is 5.10 Å². The highest BCUT2D eigenvalue weighted by molar-refractivity contribution is 7.99. The van der Waals surface area contributed by atoms with Crippen LogP contribution in [0.1, 0.15) is 38.1 Å². The summed E-state index contributed by atoms with van der Waals surface area (Å²) in [5, 5.41) is 10.0. The minimum atomic E-state index is -0.205. The van der Waals surface area contributed by atoms with Crippen LogP contribution in [0.4, 0.5) is 10.5 Å². The van der Waals surface area contributed by atoms with Gasteiger partial charge in [0.1, 0.15) is 12.2 Å². The van der Waals surface area contributed by atoms with Gasteiger partial charge in [-0.15, -0.1) is 11.8 Å². The van der Waals surface area contributed by atoms with Gasteiger partial charge in [-0.1, -0.05) is 6.92 Å². The third-order valence-corrected chi connectivity index (χ3v) is 5.21. The number of aromatic nitrogens is 3. The molecule has 1 unspecified atom stereocenters. The van der Waals surface area contributed by atoms with Crippen molar-refractivity contribution in [3.63, 3.8) is 0 Å². The molecule has 0 bridgehead atoms. The van der Waals surface area contributed by atoms with Crippen molar-refractivity contribution in [1.29, 1.82) is 0 Å². The number of nitrogens with zero attached hydrogens (tertiary/aromatic N) is 3. The first-order valence-corrected chi connectivity index (χ1v) is 9.30. The Labute approximate surface area is 146 Å². The average Bonchev–Trinajstić information content (AvgIpc) is 3.33. The molecule has 1 aromatic heterocycles. The summed E-state index contributed by atoms with van der Waals surface area (Å²) in [7, 11) is 1.85. The number of carbonyl (C=O) groups excluding carboxylic acids is 1. The number of rotatable bonds is 7. The fourth-order valence-corrected chi connectivity index (χ4v) is 3.34. The molecule has 128 valence electrons. The molecule has 2 aromatic rings. The highest BCUT2D eigenvalue weighted by Crippen LogP contribution is 2.40. The monoisotopic (exact) mass is 345 g/mol. The standard InChI is InChI=1S/C17H23N5OS/c1-3-10-24-14-8-6-13(7-9-14)20-17(23)21-15(12-4-5-12)16-18-11-19-22(16)2/h6-9,11-12,15H,3-5,10H2,1-2H3,(H2,20,21,23). The molecule has 24 heavy (non-hydrogen) atoms. The molecule has 1 atom stereocenters. The molecule has 1 aliphatic rings. The van der Waals surface area contributed by atoms with Crippen LogP contribution in [-0.2, 0) is 7.05 Å². The van der Waals surface area contributed by atoms with E-state index in [4.69, 9.17) is 0 Å². The van der Waals surface area contributed by atoms with Gasteiger partial charge < -0.3 is 10.6 Å². The van der Waals surface area contributed by atoms with Crippen molar-refractivity contribution in [2.24, 2.45) is 13.0 Å². The lowest BCUT2D eigenvalue weighted by atomic mass is 10.2. The number of amides is 2. The first kappa shape index (κ1) is 16.8. The zero-order valence-corrected chi connectivity index (χ0v) is 14.8. The number of carbonyl (C=O) groups is 1. The summed E-state index contributed by atoms with van der Waals surface area (Å²) >= 11 is 1.82. The maximum Gasteiger partial charge on any atom is 0.319 e. The number of aryl methyl sites for hydroxylation is 1. The molecule has 1 fully saturated rings. The molecule has 1 aromatic carbocycles. The summed E-state index contributed by atoms with van der Waals surface area (Å²) in [6.45, 7) is 2.17. The smallest absolute Gasteiger partial charge is 0.319 e. The van der Waals surface area contributed by atoms with Gasteiger partial charge >= 0.3 is 6.03 Å². The largest absolute Gasteiger partial charge is 0.328 e. The van der Waals surface area contributed by atoms with E-state index >= 15 is 0 Å². The summed E-state index contributed by atoms with van der Waals surface area (Å²) in [6, 6.07) is 7.66. The predicted octanol–water partition coefficient (Wildman–Crippen LogP) is 3.59. The Kier molecular flexibility index (Phi) is 5.40. The van der Waals surface area contributed by atoms with Crippen molar-refractivity contribution in [2.45, 2.75) is 37.1 Å². The number of benzene rings is 1. The molecule has 7 heteroatoms. The van der Waals surface area contributed by atoms with Gasteiger partial charge in [-0.25, -0.2) is 9.78 Å². The van der Waals surface area contributed by atoms with E-state index in [2.05, 4.69) is 27.6 Å². The highest BCUT2D eigenvalue weighted by atomic mass is 32.2. The minimum Gasteiger partial charge on any atom is -0.328 e. The zero-order chi connectivity index (χ0) is 16.9. The number of hydrogen-bond donors (Lipinski definition) is 2. The summed E-state index contributed by atoms with van der Waals surface area (Å²) in [6.07, 6.45) is 4.90. The Morgan fingerprint density at radius 3 is 2.71 bits per heavy atom. The lowest BCUT2D eigenvalue weighted by molar-refractivity contribution is 0.246. The molecule has 0 spiro atoms. The van der Waals surface area contributed by atoms with E-state index in [0.29, 0.717) is 5.92 Å². The third-order valence-electron chi connectivity index (χ3n) is 3.99. The molecule has 1 saturated carbocycles. The van der Waals surface area contributed by atoms with Crippen molar-refractivity contribution in [2.75, 3.05) is 11.1 Å². The van der Waals surface area contributed by atoms with Crippen LogP contribution in [0.25, 0.3) is 0 Å². The Hall–Kier alpha value is -2.02. The predicted molar refractivity (Wildman–Crippen MR) is 96.1 cm³/mol. The van der Waals surface area contributed by atoms with Crippen molar-refractivity contribution < 1.29 is 4.79 Å². The summed E-state index contributed by atoms with van der Waals surface area (Å²) in [5.74, 6) is 2.36. The summed E-state index contributed by atoms with van der Waals surface area (Å²) in [4.78, 5) is 17.8. The van der Waals surface area contributed by atoms with Gasteiger partial charge in [0.2, 0.25) is 0 Å². The zero-order valence-electron chi connectivity index (χ0n) is 14.0. The van der Waals surface area contributed by atoms with Gasteiger partial charge in [-0.05, 0) is 55.2 Å². The molecular weight excluding hydrogens is 322 g/mol. The van der Waals surface area contributed by atoms with Crippen LogP contribution in [0.5, 0.6) is 0 Å². The van der Waals surface area contributed by atoms with Crippen LogP contribution >= 0.6 is 11.8 Å². The van der Waals surface area contributed by atoms with Gasteiger partial charge in [0, 0.05) is 17.6 Å². The van der Waals surface area contributed by atoms with Gasteiger partial charge in [0.15, 0.2) is 0 Å². The highest BCUT2D eigenvalue weighted by Gasteiger charge is 2.36. The van der Waals surface area contributed by atoms with E-state index in [1.165, 1.54) is 11.2 Å². The van der Waals surface area contributed by atoms with Crippen LogP contribution in [0.2, 0.25) is 0 Å². The van der Waals surface area contributed by atoms with Gasteiger partial charge in [0.25, 0.3) is 0 Å². The number of thioether (sulfide) groups is 1. The average molecular weight is 345 g/mol. The number of nitrogens with one attached hydrogen (secondary N) is 2.